The number of hydrogen-bond acceptors (Lipinski definition) is 7. The number of benzene rings is 2. The minimum absolute atomic E-state index is 0.0672. The normalized spacial score (nSPS) is 10.5. The van der Waals surface area contributed by atoms with Gasteiger partial charge < -0.3 is 10.1 Å². The molecule has 0 fully saturated rings. The first-order valence-corrected chi connectivity index (χ1v) is 9.67. The molecule has 0 unspecified atom stereocenters. The van der Waals surface area contributed by atoms with Crippen LogP contribution in [0.5, 0.6) is 5.75 Å². The average Bonchev–Trinajstić information content (AvgIpc) is 3.16. The zero-order valence-electron chi connectivity index (χ0n) is 14.5. The van der Waals surface area contributed by atoms with Gasteiger partial charge in [0.25, 0.3) is 5.69 Å². The molecule has 0 saturated heterocycles. The van der Waals surface area contributed by atoms with E-state index < -0.39 is 4.92 Å². The highest BCUT2D eigenvalue weighted by Gasteiger charge is 2.14. The van der Waals surface area contributed by atoms with E-state index in [1.807, 2.05) is 24.3 Å². The van der Waals surface area contributed by atoms with Gasteiger partial charge in [-0.05, 0) is 18.2 Å². The van der Waals surface area contributed by atoms with Crippen LogP contribution in [-0.2, 0) is 4.79 Å². The Kier molecular flexibility index (Phi) is 6.26. The number of hydrogen-bond donors (Lipinski definition) is 2. The standard InChI is InChI=1S/C17H14BrN5O4S/c1-27-14-8-12(23(25)26)6-7-13(14)19-15(24)9-28-17-20-16(21-22-17)10-2-4-11(18)5-3-10/h2-8H,9H2,1H3,(H,19,24)(H,20,21,22). The number of nitro benzene ring substituents is 1. The highest BCUT2D eigenvalue weighted by Crippen LogP contribution is 2.29. The van der Waals surface area contributed by atoms with Crippen LogP contribution in [0.1, 0.15) is 0 Å². The second-order valence-electron chi connectivity index (χ2n) is 5.45. The predicted octanol–water partition coefficient (Wildman–Crippen LogP) is 3.88. The van der Waals surface area contributed by atoms with Gasteiger partial charge in [0.05, 0.1) is 29.5 Å². The van der Waals surface area contributed by atoms with E-state index in [0.717, 1.165) is 21.8 Å². The maximum atomic E-state index is 12.2. The third-order valence-corrected chi connectivity index (χ3v) is 4.96. The van der Waals surface area contributed by atoms with E-state index in [-0.39, 0.29) is 23.1 Å². The number of aromatic amines is 1. The molecule has 2 aromatic carbocycles. The molecule has 144 valence electrons. The molecule has 0 radical (unpaired) electrons. The number of ether oxygens (including phenoxy) is 1. The number of anilines is 1. The number of aromatic nitrogens is 3. The van der Waals surface area contributed by atoms with Crippen molar-refractivity contribution in [1.29, 1.82) is 0 Å². The molecule has 1 aromatic heterocycles. The van der Waals surface area contributed by atoms with Crippen LogP contribution < -0.4 is 10.1 Å². The Bertz CT molecular complexity index is 1010. The zero-order chi connectivity index (χ0) is 20.1. The Morgan fingerprint density at radius 3 is 2.75 bits per heavy atom. The topological polar surface area (TPSA) is 123 Å². The Morgan fingerprint density at radius 1 is 1.32 bits per heavy atom. The van der Waals surface area contributed by atoms with Crippen molar-refractivity contribution in [2.45, 2.75) is 5.16 Å². The lowest BCUT2D eigenvalue weighted by Gasteiger charge is -2.09. The number of nitro groups is 1. The van der Waals surface area contributed by atoms with E-state index >= 15 is 0 Å². The lowest BCUT2D eigenvalue weighted by molar-refractivity contribution is -0.384. The first-order chi connectivity index (χ1) is 13.5. The molecular weight excluding hydrogens is 450 g/mol. The average molecular weight is 464 g/mol. The number of nitrogens with one attached hydrogen (secondary N) is 2. The summed E-state index contributed by atoms with van der Waals surface area (Å²) in [6, 6.07) is 11.6. The molecular formula is C17H14BrN5O4S. The van der Waals surface area contributed by atoms with E-state index in [1.165, 1.54) is 25.3 Å². The van der Waals surface area contributed by atoms with E-state index in [1.54, 1.807) is 0 Å². The van der Waals surface area contributed by atoms with Crippen molar-refractivity contribution in [2.75, 3.05) is 18.2 Å². The third-order valence-electron chi connectivity index (χ3n) is 3.58. The molecule has 28 heavy (non-hydrogen) atoms. The van der Waals surface area contributed by atoms with Gasteiger partial charge in [0, 0.05) is 16.1 Å². The number of thioether (sulfide) groups is 1. The summed E-state index contributed by atoms with van der Waals surface area (Å²) >= 11 is 4.54. The molecule has 1 amide bonds. The third kappa shape index (κ3) is 4.87. The fourth-order valence-corrected chi connectivity index (χ4v) is 3.12. The molecule has 0 bridgehead atoms. The van der Waals surface area contributed by atoms with Gasteiger partial charge in [0.1, 0.15) is 5.75 Å². The number of rotatable bonds is 7. The van der Waals surface area contributed by atoms with Crippen molar-refractivity contribution in [1.82, 2.24) is 15.2 Å². The zero-order valence-corrected chi connectivity index (χ0v) is 16.9. The van der Waals surface area contributed by atoms with Crippen molar-refractivity contribution in [3.8, 4) is 17.1 Å². The second kappa shape index (κ2) is 8.85. The predicted molar refractivity (Wildman–Crippen MR) is 109 cm³/mol. The number of carbonyl (C=O) groups is 1. The number of carbonyl (C=O) groups excluding carboxylic acids is 1. The quantitative estimate of drug-likeness (QED) is 0.309. The number of non-ortho nitro benzene ring substituents is 1. The van der Waals surface area contributed by atoms with Crippen molar-refractivity contribution in [3.05, 3.63) is 57.1 Å². The summed E-state index contributed by atoms with van der Waals surface area (Å²) in [7, 11) is 1.38. The van der Waals surface area contributed by atoms with Gasteiger partial charge >= 0.3 is 0 Å². The minimum Gasteiger partial charge on any atom is -0.494 e. The summed E-state index contributed by atoms with van der Waals surface area (Å²) in [4.78, 5) is 26.8. The van der Waals surface area contributed by atoms with Crippen molar-refractivity contribution < 1.29 is 14.5 Å². The summed E-state index contributed by atoms with van der Waals surface area (Å²) in [5.74, 6) is 0.570. The number of methoxy groups -OCH3 is 1. The molecule has 0 spiro atoms. The maximum absolute atomic E-state index is 12.2. The summed E-state index contributed by atoms with van der Waals surface area (Å²) in [5.41, 5.74) is 1.11. The molecule has 9 nitrogen and oxygen atoms in total. The van der Waals surface area contributed by atoms with Crippen LogP contribution in [0.25, 0.3) is 11.4 Å². The Hall–Kier alpha value is -2.92. The molecule has 3 aromatic rings. The van der Waals surface area contributed by atoms with E-state index in [2.05, 4.69) is 36.4 Å². The van der Waals surface area contributed by atoms with Crippen molar-refractivity contribution in [3.63, 3.8) is 0 Å². The van der Waals surface area contributed by atoms with Crippen LogP contribution in [0.4, 0.5) is 11.4 Å². The molecule has 1 heterocycles. The van der Waals surface area contributed by atoms with Crippen LogP contribution >= 0.6 is 27.7 Å². The van der Waals surface area contributed by atoms with Gasteiger partial charge in [-0.25, -0.2) is 4.98 Å². The molecule has 0 atom stereocenters. The van der Waals surface area contributed by atoms with Gasteiger partial charge in [0.15, 0.2) is 5.82 Å². The fourth-order valence-electron chi connectivity index (χ4n) is 2.26. The molecule has 0 aliphatic heterocycles. The van der Waals surface area contributed by atoms with Gasteiger partial charge in [0.2, 0.25) is 11.1 Å². The minimum atomic E-state index is -0.532. The van der Waals surface area contributed by atoms with Crippen molar-refractivity contribution >= 4 is 45.0 Å². The van der Waals surface area contributed by atoms with Gasteiger partial charge in [-0.3, -0.25) is 20.0 Å². The van der Waals surface area contributed by atoms with Crippen LogP contribution in [-0.4, -0.2) is 38.9 Å². The number of nitrogens with zero attached hydrogens (tertiary/aromatic N) is 3. The molecule has 0 saturated carbocycles. The number of H-pyrrole nitrogens is 1. The Labute approximate surface area is 172 Å². The molecule has 11 heteroatoms. The Morgan fingerprint density at radius 2 is 2.07 bits per heavy atom. The van der Waals surface area contributed by atoms with Gasteiger partial charge in [-0.1, -0.05) is 39.8 Å². The number of halogens is 1. The largest absolute Gasteiger partial charge is 0.494 e. The summed E-state index contributed by atoms with van der Waals surface area (Å²) in [5, 5.41) is 20.9. The van der Waals surface area contributed by atoms with Crippen LogP contribution in [0.15, 0.2) is 52.1 Å². The SMILES string of the molecule is COc1cc([N+](=O)[O-])ccc1NC(=O)CSc1n[nH]c(-c2ccc(Br)cc2)n1. The van der Waals surface area contributed by atoms with Gasteiger partial charge in [-0.15, -0.1) is 5.10 Å². The first kappa shape index (κ1) is 19.8. The highest BCUT2D eigenvalue weighted by molar-refractivity contribution is 9.10. The first-order valence-electron chi connectivity index (χ1n) is 7.89. The molecule has 3 rings (SSSR count). The summed E-state index contributed by atoms with van der Waals surface area (Å²) < 4.78 is 6.06. The molecule has 0 aliphatic carbocycles. The van der Waals surface area contributed by atoms with E-state index in [0.29, 0.717) is 16.7 Å². The molecule has 2 N–H and O–H groups in total. The summed E-state index contributed by atoms with van der Waals surface area (Å²) in [6.45, 7) is 0. The van der Waals surface area contributed by atoms with Crippen molar-refractivity contribution in [2.24, 2.45) is 0 Å². The maximum Gasteiger partial charge on any atom is 0.273 e. The second-order valence-corrected chi connectivity index (χ2v) is 7.31. The van der Waals surface area contributed by atoms with E-state index in [4.69, 9.17) is 4.74 Å². The van der Waals surface area contributed by atoms with E-state index in [9.17, 15) is 14.9 Å². The monoisotopic (exact) mass is 463 g/mol. The molecule has 0 aliphatic rings. The van der Waals surface area contributed by atoms with Crippen LogP contribution in [0.3, 0.4) is 0 Å². The fraction of sp³-hybridized carbons (Fsp3) is 0.118. The smallest absolute Gasteiger partial charge is 0.273 e. The highest BCUT2D eigenvalue weighted by atomic mass is 79.9. The van der Waals surface area contributed by atoms with Crippen LogP contribution in [0.2, 0.25) is 0 Å². The number of amides is 1. The van der Waals surface area contributed by atoms with Crippen LogP contribution in [0, 0.1) is 10.1 Å². The Balaban J connectivity index is 1.60. The van der Waals surface area contributed by atoms with Gasteiger partial charge in [-0.2, -0.15) is 0 Å². The lowest BCUT2D eigenvalue weighted by atomic mass is 10.2. The summed E-state index contributed by atoms with van der Waals surface area (Å²) in [6.07, 6.45) is 0. The lowest BCUT2D eigenvalue weighted by Crippen LogP contribution is -2.14.